The van der Waals surface area contributed by atoms with E-state index in [1.807, 2.05) is 17.5 Å². The molecular formula is C15H15ClN4OS. The summed E-state index contributed by atoms with van der Waals surface area (Å²) in [7, 11) is 0. The fraction of sp³-hybridized carbons (Fsp3) is 0.267. The molecule has 3 aromatic rings. The van der Waals surface area contributed by atoms with E-state index in [-0.39, 0.29) is 5.54 Å². The lowest BCUT2D eigenvalue weighted by atomic mass is 10.1. The molecule has 0 radical (unpaired) electrons. The van der Waals surface area contributed by atoms with Crippen molar-refractivity contribution in [1.29, 1.82) is 0 Å². The van der Waals surface area contributed by atoms with Gasteiger partial charge in [0.05, 0.1) is 12.1 Å². The molecule has 0 bridgehead atoms. The van der Waals surface area contributed by atoms with Crippen LogP contribution in [0.5, 0.6) is 0 Å². The Labute approximate surface area is 137 Å². The van der Waals surface area contributed by atoms with Gasteiger partial charge in [-0.15, -0.1) is 21.5 Å². The van der Waals surface area contributed by atoms with Crippen LogP contribution in [0.4, 0.5) is 0 Å². The van der Waals surface area contributed by atoms with E-state index in [9.17, 15) is 0 Å². The van der Waals surface area contributed by atoms with E-state index >= 15 is 0 Å². The minimum absolute atomic E-state index is 0.251. The second kappa shape index (κ2) is 6.16. The first-order valence-corrected chi connectivity index (χ1v) is 8.04. The van der Waals surface area contributed by atoms with Gasteiger partial charge < -0.3 is 4.42 Å². The third-order valence-corrected chi connectivity index (χ3v) is 4.52. The van der Waals surface area contributed by atoms with Crippen LogP contribution in [0.1, 0.15) is 24.7 Å². The number of benzene rings is 1. The molecule has 2 heterocycles. The Bertz CT molecular complexity index is 755. The van der Waals surface area contributed by atoms with Crippen molar-refractivity contribution < 1.29 is 4.42 Å². The number of hydrogen-bond acceptors (Lipinski definition) is 6. The summed E-state index contributed by atoms with van der Waals surface area (Å²) in [5.41, 5.74) is 0.559. The Morgan fingerprint density at radius 2 is 2.18 bits per heavy atom. The molecule has 114 valence electrons. The second-order valence-corrected chi connectivity index (χ2v) is 6.66. The predicted molar refractivity (Wildman–Crippen MR) is 86.7 cm³/mol. The van der Waals surface area contributed by atoms with Gasteiger partial charge in [-0.05, 0) is 32.0 Å². The maximum Gasteiger partial charge on any atom is 0.247 e. The van der Waals surface area contributed by atoms with E-state index in [1.165, 1.54) is 0 Å². The van der Waals surface area contributed by atoms with Crippen LogP contribution in [0.3, 0.4) is 0 Å². The van der Waals surface area contributed by atoms with Crippen molar-refractivity contribution in [1.82, 2.24) is 20.5 Å². The number of thiazole rings is 1. The van der Waals surface area contributed by atoms with Gasteiger partial charge in [0.25, 0.3) is 0 Å². The highest BCUT2D eigenvalue weighted by atomic mass is 35.5. The lowest BCUT2D eigenvalue weighted by Gasteiger charge is -2.22. The number of nitrogens with zero attached hydrogens (tertiary/aromatic N) is 3. The van der Waals surface area contributed by atoms with Gasteiger partial charge in [-0.1, -0.05) is 17.7 Å². The highest BCUT2D eigenvalue weighted by molar-refractivity contribution is 7.09. The zero-order valence-electron chi connectivity index (χ0n) is 12.2. The zero-order valence-corrected chi connectivity index (χ0v) is 13.8. The molecule has 5 nitrogen and oxygen atoms in total. The highest BCUT2D eigenvalue weighted by Crippen LogP contribution is 2.24. The number of hydrogen-bond donors (Lipinski definition) is 1. The largest absolute Gasteiger partial charge is 0.419 e. The van der Waals surface area contributed by atoms with Crippen molar-refractivity contribution in [3.63, 3.8) is 0 Å². The van der Waals surface area contributed by atoms with Gasteiger partial charge in [0, 0.05) is 22.2 Å². The molecule has 1 N–H and O–H groups in total. The summed E-state index contributed by atoms with van der Waals surface area (Å²) in [5.74, 6) is 0.992. The maximum absolute atomic E-state index is 5.97. The van der Waals surface area contributed by atoms with Gasteiger partial charge >= 0.3 is 0 Å². The molecule has 1 aromatic carbocycles. The van der Waals surface area contributed by atoms with Crippen molar-refractivity contribution in [2.24, 2.45) is 0 Å². The standard InChI is InChI=1S/C15H15ClN4OS/c1-15(2,14-17-6-7-22-14)18-9-12-19-20-13(21-12)10-4-3-5-11(16)8-10/h3-8,18H,9H2,1-2H3. The predicted octanol–water partition coefficient (Wildman–Crippen LogP) is 3.87. The van der Waals surface area contributed by atoms with E-state index in [2.05, 4.69) is 34.3 Å². The van der Waals surface area contributed by atoms with Gasteiger partial charge in [0.15, 0.2) is 0 Å². The molecule has 0 fully saturated rings. The molecule has 0 spiro atoms. The Kier molecular flexibility index (Phi) is 4.24. The average molecular weight is 335 g/mol. The third-order valence-electron chi connectivity index (χ3n) is 3.19. The molecule has 0 saturated carbocycles. The normalized spacial score (nSPS) is 11.8. The molecule has 3 rings (SSSR count). The van der Waals surface area contributed by atoms with E-state index in [0.29, 0.717) is 23.3 Å². The van der Waals surface area contributed by atoms with Crippen LogP contribution in [0.15, 0.2) is 40.3 Å². The van der Waals surface area contributed by atoms with Crippen LogP contribution in [0.25, 0.3) is 11.5 Å². The Balaban J connectivity index is 1.70. The number of nitrogens with one attached hydrogen (secondary N) is 1. The van der Waals surface area contributed by atoms with Gasteiger partial charge in [0.2, 0.25) is 11.8 Å². The van der Waals surface area contributed by atoms with Crippen molar-refractivity contribution in [2.75, 3.05) is 0 Å². The Morgan fingerprint density at radius 3 is 2.91 bits per heavy atom. The number of rotatable bonds is 5. The maximum atomic E-state index is 5.97. The molecule has 0 aliphatic heterocycles. The second-order valence-electron chi connectivity index (χ2n) is 5.33. The van der Waals surface area contributed by atoms with Crippen LogP contribution >= 0.6 is 22.9 Å². The van der Waals surface area contributed by atoms with Crippen LogP contribution in [-0.2, 0) is 12.1 Å². The van der Waals surface area contributed by atoms with Gasteiger partial charge in [0.1, 0.15) is 5.01 Å². The summed E-state index contributed by atoms with van der Waals surface area (Å²) in [6.45, 7) is 4.61. The van der Waals surface area contributed by atoms with Crippen LogP contribution < -0.4 is 5.32 Å². The summed E-state index contributed by atoms with van der Waals surface area (Å²) >= 11 is 7.59. The van der Waals surface area contributed by atoms with Gasteiger partial charge in [-0.25, -0.2) is 4.98 Å². The molecule has 2 aromatic heterocycles. The molecule has 0 aliphatic carbocycles. The first-order valence-electron chi connectivity index (χ1n) is 6.78. The minimum Gasteiger partial charge on any atom is -0.419 e. The zero-order chi connectivity index (χ0) is 15.6. The van der Waals surface area contributed by atoms with E-state index in [4.69, 9.17) is 16.0 Å². The summed E-state index contributed by atoms with van der Waals surface area (Å²) in [6.07, 6.45) is 1.80. The number of aromatic nitrogens is 3. The molecule has 0 saturated heterocycles. The Hall–Kier alpha value is -1.76. The smallest absolute Gasteiger partial charge is 0.247 e. The Morgan fingerprint density at radius 1 is 1.32 bits per heavy atom. The van der Waals surface area contributed by atoms with Crippen molar-refractivity contribution in [3.05, 3.63) is 51.8 Å². The molecule has 7 heteroatoms. The van der Waals surface area contributed by atoms with Gasteiger partial charge in [-0.3, -0.25) is 5.32 Å². The molecule has 0 aliphatic rings. The third kappa shape index (κ3) is 3.35. The van der Waals surface area contributed by atoms with Crippen LogP contribution in [-0.4, -0.2) is 15.2 Å². The van der Waals surface area contributed by atoms with E-state index < -0.39 is 0 Å². The highest BCUT2D eigenvalue weighted by Gasteiger charge is 2.23. The molecule has 0 unspecified atom stereocenters. The van der Waals surface area contributed by atoms with Crippen LogP contribution in [0.2, 0.25) is 5.02 Å². The summed E-state index contributed by atoms with van der Waals surface area (Å²) in [4.78, 5) is 4.34. The summed E-state index contributed by atoms with van der Waals surface area (Å²) < 4.78 is 5.68. The fourth-order valence-corrected chi connectivity index (χ4v) is 2.90. The molecule has 0 amide bonds. The molecule has 0 atom stereocenters. The van der Waals surface area contributed by atoms with Crippen molar-refractivity contribution >= 4 is 22.9 Å². The van der Waals surface area contributed by atoms with E-state index in [1.54, 1.807) is 29.7 Å². The lowest BCUT2D eigenvalue weighted by molar-refractivity contribution is 0.365. The van der Waals surface area contributed by atoms with Crippen molar-refractivity contribution in [3.8, 4) is 11.5 Å². The number of halogens is 1. The first-order chi connectivity index (χ1) is 10.5. The monoisotopic (exact) mass is 334 g/mol. The van der Waals surface area contributed by atoms with Crippen LogP contribution in [0, 0.1) is 0 Å². The van der Waals surface area contributed by atoms with Gasteiger partial charge in [-0.2, -0.15) is 0 Å². The first kappa shape index (κ1) is 15.1. The summed E-state index contributed by atoms with van der Waals surface area (Å²) in [5, 5.41) is 15.1. The minimum atomic E-state index is -0.251. The lowest BCUT2D eigenvalue weighted by Crippen LogP contribution is -2.35. The quantitative estimate of drug-likeness (QED) is 0.767. The van der Waals surface area contributed by atoms with Crippen molar-refractivity contribution in [2.45, 2.75) is 25.9 Å². The molecule has 22 heavy (non-hydrogen) atoms. The average Bonchev–Trinajstić information content (AvgIpc) is 3.17. The fourth-order valence-electron chi connectivity index (χ4n) is 1.97. The molecular weight excluding hydrogens is 320 g/mol. The van der Waals surface area contributed by atoms with E-state index in [0.717, 1.165) is 10.6 Å². The topological polar surface area (TPSA) is 63.8 Å². The summed E-state index contributed by atoms with van der Waals surface area (Å²) in [6, 6.07) is 7.34. The SMILES string of the molecule is CC(C)(NCc1nnc(-c2cccc(Cl)c2)o1)c1nccs1.